The molecular formula is C25H25ClIN3O3. The van der Waals surface area contributed by atoms with E-state index >= 15 is 0 Å². The summed E-state index contributed by atoms with van der Waals surface area (Å²) in [5.41, 5.74) is 6.24. The van der Waals surface area contributed by atoms with Crippen LogP contribution in [-0.2, 0) is 11.4 Å². The molecule has 0 heterocycles. The molecule has 0 fully saturated rings. The van der Waals surface area contributed by atoms with Gasteiger partial charge in [-0.2, -0.15) is 5.10 Å². The summed E-state index contributed by atoms with van der Waals surface area (Å²) in [6.45, 7) is 4.86. The average molecular weight is 578 g/mol. The van der Waals surface area contributed by atoms with Crippen molar-refractivity contribution in [3.63, 3.8) is 0 Å². The van der Waals surface area contributed by atoms with Crippen molar-refractivity contribution in [3.8, 4) is 11.5 Å². The van der Waals surface area contributed by atoms with E-state index in [-0.39, 0.29) is 12.5 Å². The number of halogens is 2. The SMILES string of the molecule is CCOc1cc(/C=N\NC(=O)CNc2ccc(C)cc2)cc(I)c1OCc1ccccc1Cl. The van der Waals surface area contributed by atoms with Gasteiger partial charge in [0.1, 0.15) is 6.61 Å². The number of hydrogen-bond acceptors (Lipinski definition) is 5. The first-order valence-electron chi connectivity index (χ1n) is 10.4. The Kier molecular flexibility index (Phi) is 9.38. The van der Waals surface area contributed by atoms with Crippen LogP contribution in [0.5, 0.6) is 11.5 Å². The average Bonchev–Trinajstić information content (AvgIpc) is 2.79. The highest BCUT2D eigenvalue weighted by Crippen LogP contribution is 2.35. The van der Waals surface area contributed by atoms with Crippen molar-refractivity contribution in [1.29, 1.82) is 0 Å². The predicted octanol–water partition coefficient (Wildman–Crippen LogP) is 5.79. The number of rotatable bonds is 10. The highest BCUT2D eigenvalue weighted by Gasteiger charge is 2.13. The summed E-state index contributed by atoms with van der Waals surface area (Å²) in [6.07, 6.45) is 1.58. The van der Waals surface area contributed by atoms with Gasteiger partial charge in [-0.15, -0.1) is 0 Å². The van der Waals surface area contributed by atoms with Gasteiger partial charge < -0.3 is 14.8 Å². The lowest BCUT2D eigenvalue weighted by Crippen LogP contribution is -2.25. The van der Waals surface area contributed by atoms with E-state index in [0.29, 0.717) is 29.7 Å². The number of carbonyl (C=O) groups excluding carboxylic acids is 1. The van der Waals surface area contributed by atoms with Crippen LogP contribution in [0.1, 0.15) is 23.6 Å². The Labute approximate surface area is 212 Å². The Balaban J connectivity index is 1.61. The van der Waals surface area contributed by atoms with Gasteiger partial charge in [-0.05, 0) is 72.3 Å². The topological polar surface area (TPSA) is 72.0 Å². The zero-order valence-electron chi connectivity index (χ0n) is 18.4. The van der Waals surface area contributed by atoms with Gasteiger partial charge in [0.15, 0.2) is 11.5 Å². The van der Waals surface area contributed by atoms with E-state index in [0.717, 1.165) is 25.9 Å². The number of amides is 1. The number of nitrogens with one attached hydrogen (secondary N) is 2. The zero-order valence-corrected chi connectivity index (χ0v) is 21.3. The van der Waals surface area contributed by atoms with Crippen LogP contribution in [0.3, 0.4) is 0 Å². The molecule has 6 nitrogen and oxygen atoms in total. The van der Waals surface area contributed by atoms with E-state index in [1.807, 2.05) is 74.5 Å². The van der Waals surface area contributed by atoms with E-state index in [4.69, 9.17) is 21.1 Å². The summed E-state index contributed by atoms with van der Waals surface area (Å²) in [7, 11) is 0. The molecule has 172 valence electrons. The fraction of sp³-hybridized carbons (Fsp3) is 0.200. The van der Waals surface area contributed by atoms with Crippen molar-refractivity contribution in [2.24, 2.45) is 5.10 Å². The number of carbonyl (C=O) groups is 1. The molecule has 33 heavy (non-hydrogen) atoms. The molecule has 0 bridgehead atoms. The smallest absolute Gasteiger partial charge is 0.259 e. The number of benzene rings is 3. The summed E-state index contributed by atoms with van der Waals surface area (Å²) in [4.78, 5) is 12.1. The second-order valence-electron chi connectivity index (χ2n) is 7.16. The molecule has 0 saturated heterocycles. The van der Waals surface area contributed by atoms with Crippen LogP contribution in [0.25, 0.3) is 0 Å². The maximum atomic E-state index is 12.1. The molecule has 3 aromatic rings. The van der Waals surface area contributed by atoms with Crippen LogP contribution in [0.4, 0.5) is 5.69 Å². The molecule has 0 unspecified atom stereocenters. The Bertz CT molecular complexity index is 1120. The largest absolute Gasteiger partial charge is 0.490 e. The summed E-state index contributed by atoms with van der Waals surface area (Å²) in [6, 6.07) is 19.1. The van der Waals surface area contributed by atoms with Crippen molar-refractivity contribution in [2.45, 2.75) is 20.5 Å². The minimum absolute atomic E-state index is 0.122. The van der Waals surface area contributed by atoms with Crippen molar-refractivity contribution in [2.75, 3.05) is 18.5 Å². The van der Waals surface area contributed by atoms with E-state index in [1.165, 1.54) is 0 Å². The number of nitrogens with zero attached hydrogens (tertiary/aromatic N) is 1. The Hall–Kier alpha value is -2.78. The van der Waals surface area contributed by atoms with Crippen LogP contribution in [0.15, 0.2) is 65.8 Å². The number of ether oxygens (including phenoxy) is 2. The second-order valence-corrected chi connectivity index (χ2v) is 8.73. The first-order chi connectivity index (χ1) is 16.0. The lowest BCUT2D eigenvalue weighted by molar-refractivity contribution is -0.119. The third kappa shape index (κ3) is 7.64. The maximum absolute atomic E-state index is 12.1. The van der Waals surface area contributed by atoms with Crippen LogP contribution in [-0.4, -0.2) is 25.3 Å². The minimum Gasteiger partial charge on any atom is -0.490 e. The quantitative estimate of drug-likeness (QED) is 0.182. The number of hydrazone groups is 1. The fourth-order valence-corrected chi connectivity index (χ4v) is 3.87. The predicted molar refractivity (Wildman–Crippen MR) is 142 cm³/mol. The van der Waals surface area contributed by atoms with Crippen molar-refractivity contribution in [3.05, 3.63) is 85.9 Å². The molecule has 3 aromatic carbocycles. The van der Waals surface area contributed by atoms with E-state index < -0.39 is 0 Å². The molecular weight excluding hydrogens is 553 g/mol. The van der Waals surface area contributed by atoms with Gasteiger partial charge in [0.2, 0.25) is 0 Å². The monoisotopic (exact) mass is 577 g/mol. The Morgan fingerprint density at radius 1 is 1.12 bits per heavy atom. The maximum Gasteiger partial charge on any atom is 0.259 e. The molecule has 0 aromatic heterocycles. The highest BCUT2D eigenvalue weighted by molar-refractivity contribution is 14.1. The molecule has 0 spiro atoms. The first kappa shape index (κ1) is 24.9. The Morgan fingerprint density at radius 3 is 2.61 bits per heavy atom. The van der Waals surface area contributed by atoms with Gasteiger partial charge >= 0.3 is 0 Å². The van der Waals surface area contributed by atoms with Crippen LogP contribution >= 0.6 is 34.2 Å². The standard InChI is InChI=1S/C25H25ClIN3O3/c1-3-32-23-13-18(12-22(27)25(23)33-16-19-6-4-5-7-21(19)26)14-29-30-24(31)15-28-20-10-8-17(2)9-11-20/h4-14,28H,3,15-16H2,1-2H3,(H,30,31)/b29-14-. The van der Waals surface area contributed by atoms with Crippen LogP contribution < -0.4 is 20.2 Å². The summed E-state index contributed by atoms with van der Waals surface area (Å²) >= 11 is 8.43. The van der Waals surface area contributed by atoms with Crippen LogP contribution in [0.2, 0.25) is 5.02 Å². The van der Waals surface area contributed by atoms with E-state index in [9.17, 15) is 4.79 Å². The molecule has 0 saturated carbocycles. The first-order valence-corrected chi connectivity index (χ1v) is 11.9. The summed E-state index contributed by atoms with van der Waals surface area (Å²) < 4.78 is 12.7. The third-order valence-electron chi connectivity index (χ3n) is 4.57. The summed E-state index contributed by atoms with van der Waals surface area (Å²) in [5, 5.41) is 7.78. The highest BCUT2D eigenvalue weighted by atomic mass is 127. The molecule has 0 aliphatic rings. The minimum atomic E-state index is -0.244. The molecule has 2 N–H and O–H groups in total. The van der Waals surface area contributed by atoms with Crippen molar-refractivity contribution < 1.29 is 14.3 Å². The fourth-order valence-electron chi connectivity index (χ4n) is 2.90. The normalized spacial score (nSPS) is 10.8. The van der Waals surface area contributed by atoms with Gasteiger partial charge in [0, 0.05) is 16.3 Å². The van der Waals surface area contributed by atoms with Crippen molar-refractivity contribution >= 4 is 52.0 Å². The molecule has 0 aliphatic heterocycles. The zero-order chi connectivity index (χ0) is 23.6. The van der Waals surface area contributed by atoms with Gasteiger partial charge in [0.25, 0.3) is 5.91 Å². The van der Waals surface area contributed by atoms with Gasteiger partial charge in [-0.3, -0.25) is 4.79 Å². The van der Waals surface area contributed by atoms with Crippen molar-refractivity contribution in [1.82, 2.24) is 5.43 Å². The lowest BCUT2D eigenvalue weighted by Gasteiger charge is -2.15. The second kappa shape index (κ2) is 12.5. The summed E-state index contributed by atoms with van der Waals surface area (Å²) in [5.74, 6) is 0.998. The molecule has 1 amide bonds. The third-order valence-corrected chi connectivity index (χ3v) is 5.74. The van der Waals surface area contributed by atoms with Crippen LogP contribution in [0, 0.1) is 10.5 Å². The van der Waals surface area contributed by atoms with E-state index in [2.05, 4.69) is 38.4 Å². The van der Waals surface area contributed by atoms with E-state index in [1.54, 1.807) is 6.21 Å². The lowest BCUT2D eigenvalue weighted by atomic mass is 10.2. The number of aryl methyl sites for hydroxylation is 1. The molecule has 0 radical (unpaired) electrons. The number of anilines is 1. The molecule has 3 rings (SSSR count). The molecule has 0 atom stereocenters. The number of hydrogen-bond donors (Lipinski definition) is 2. The van der Waals surface area contributed by atoms with Gasteiger partial charge in [-0.25, -0.2) is 5.43 Å². The Morgan fingerprint density at radius 2 is 1.88 bits per heavy atom. The van der Waals surface area contributed by atoms with Gasteiger partial charge in [0.05, 0.1) is 22.9 Å². The molecule has 8 heteroatoms. The van der Waals surface area contributed by atoms with Gasteiger partial charge in [-0.1, -0.05) is 47.5 Å². The molecule has 0 aliphatic carbocycles.